The summed E-state index contributed by atoms with van der Waals surface area (Å²) in [5, 5.41) is 6.93. The number of anilines is 1. The van der Waals surface area contributed by atoms with Crippen LogP contribution in [0.25, 0.3) is 22.4 Å². The van der Waals surface area contributed by atoms with Crippen molar-refractivity contribution < 1.29 is 14.1 Å². The molecular formula is C24H20N4O3. The molecule has 0 aliphatic heterocycles. The molecular weight excluding hydrogens is 392 g/mol. The van der Waals surface area contributed by atoms with Crippen LogP contribution in [0.1, 0.15) is 33.2 Å². The number of nitrogens with two attached hydrogens (primary N) is 1. The first-order valence-electron chi connectivity index (χ1n) is 9.78. The van der Waals surface area contributed by atoms with Gasteiger partial charge in [0.1, 0.15) is 5.69 Å². The first-order chi connectivity index (χ1) is 15.1. The Morgan fingerprint density at radius 3 is 2.48 bits per heavy atom. The van der Waals surface area contributed by atoms with Gasteiger partial charge in [0.15, 0.2) is 0 Å². The number of nitrogens with one attached hydrogen (secondary N) is 1. The lowest BCUT2D eigenvalue weighted by molar-refractivity contribution is 0.0998. The second kappa shape index (κ2) is 8.62. The first-order valence-corrected chi connectivity index (χ1v) is 9.78. The Morgan fingerprint density at radius 1 is 1.03 bits per heavy atom. The highest BCUT2D eigenvalue weighted by Gasteiger charge is 2.24. The predicted octanol–water partition coefficient (Wildman–Crippen LogP) is 4.32. The van der Waals surface area contributed by atoms with Gasteiger partial charge in [0, 0.05) is 34.6 Å². The van der Waals surface area contributed by atoms with E-state index < -0.39 is 5.91 Å². The number of nitrogens with zero attached hydrogens (tertiary/aromatic N) is 2. The lowest BCUT2D eigenvalue weighted by Gasteiger charge is -2.09. The van der Waals surface area contributed by atoms with Crippen LogP contribution >= 0.6 is 0 Å². The van der Waals surface area contributed by atoms with Gasteiger partial charge in [-0.15, -0.1) is 0 Å². The summed E-state index contributed by atoms with van der Waals surface area (Å²) in [5.74, 6) is -0.826. The van der Waals surface area contributed by atoms with Gasteiger partial charge in [0.05, 0.1) is 5.56 Å². The van der Waals surface area contributed by atoms with Gasteiger partial charge in [0.2, 0.25) is 11.8 Å². The van der Waals surface area contributed by atoms with E-state index in [0.717, 1.165) is 12.0 Å². The standard InChI is InChI=1S/C24H20N4O3/c1-2-15-9-11-16(12-10-15)23(30)27-24-20(18-7-3-4-8-19(18)22(25)29)21(28-31-24)17-6-5-13-26-14-17/h3-14H,2H2,1H3,(H2,25,29)(H,27,30). The predicted molar refractivity (Wildman–Crippen MR) is 117 cm³/mol. The molecule has 154 valence electrons. The molecule has 3 N–H and O–H groups in total. The van der Waals surface area contributed by atoms with E-state index in [4.69, 9.17) is 10.3 Å². The van der Waals surface area contributed by atoms with Gasteiger partial charge in [-0.1, -0.05) is 42.4 Å². The van der Waals surface area contributed by atoms with Crippen molar-refractivity contribution in [1.82, 2.24) is 10.1 Å². The molecule has 2 aromatic carbocycles. The van der Waals surface area contributed by atoms with Crippen LogP contribution in [0.5, 0.6) is 0 Å². The van der Waals surface area contributed by atoms with E-state index in [0.29, 0.717) is 33.5 Å². The Labute approximate surface area is 178 Å². The van der Waals surface area contributed by atoms with Crippen LogP contribution in [-0.4, -0.2) is 22.0 Å². The van der Waals surface area contributed by atoms with E-state index in [9.17, 15) is 9.59 Å². The van der Waals surface area contributed by atoms with Gasteiger partial charge in [-0.3, -0.25) is 19.9 Å². The van der Waals surface area contributed by atoms with Gasteiger partial charge in [-0.25, -0.2) is 0 Å². The molecule has 0 atom stereocenters. The van der Waals surface area contributed by atoms with Crippen molar-refractivity contribution in [3.05, 3.63) is 89.7 Å². The number of primary amides is 1. The lowest BCUT2D eigenvalue weighted by atomic mass is 9.96. The van der Waals surface area contributed by atoms with Crippen LogP contribution < -0.4 is 11.1 Å². The molecule has 0 saturated carbocycles. The molecule has 0 fully saturated rings. The zero-order valence-electron chi connectivity index (χ0n) is 16.8. The van der Waals surface area contributed by atoms with Crippen molar-refractivity contribution in [2.75, 3.05) is 5.32 Å². The highest BCUT2D eigenvalue weighted by molar-refractivity contribution is 6.08. The second-order valence-electron chi connectivity index (χ2n) is 6.89. The van der Waals surface area contributed by atoms with E-state index in [-0.39, 0.29) is 11.8 Å². The monoisotopic (exact) mass is 412 g/mol. The molecule has 0 saturated heterocycles. The summed E-state index contributed by atoms with van der Waals surface area (Å²) in [5.41, 5.74) is 9.57. The van der Waals surface area contributed by atoms with Crippen LogP contribution in [0.2, 0.25) is 0 Å². The molecule has 0 bridgehead atoms. The molecule has 4 rings (SSSR count). The summed E-state index contributed by atoms with van der Waals surface area (Å²) < 4.78 is 5.51. The number of carbonyl (C=O) groups excluding carboxylic acids is 2. The van der Waals surface area contributed by atoms with Crippen LogP contribution in [0.3, 0.4) is 0 Å². The van der Waals surface area contributed by atoms with Crippen LogP contribution in [0, 0.1) is 0 Å². The molecule has 2 heterocycles. The first kappa shape index (κ1) is 20.0. The van der Waals surface area contributed by atoms with E-state index in [1.165, 1.54) is 0 Å². The number of aryl methyl sites for hydroxylation is 1. The average Bonchev–Trinajstić information content (AvgIpc) is 3.22. The molecule has 0 unspecified atom stereocenters. The fraction of sp³-hybridized carbons (Fsp3) is 0.0833. The van der Waals surface area contributed by atoms with Gasteiger partial charge in [0.25, 0.3) is 5.91 Å². The topological polar surface area (TPSA) is 111 Å². The van der Waals surface area contributed by atoms with Crippen molar-refractivity contribution in [3.63, 3.8) is 0 Å². The van der Waals surface area contributed by atoms with Crippen molar-refractivity contribution >= 4 is 17.7 Å². The molecule has 7 heteroatoms. The Bertz CT molecular complexity index is 1230. The molecule has 4 aromatic rings. The summed E-state index contributed by atoms with van der Waals surface area (Å²) in [6.45, 7) is 2.05. The summed E-state index contributed by atoms with van der Waals surface area (Å²) in [6, 6.07) is 17.7. The smallest absolute Gasteiger partial charge is 0.258 e. The quantitative estimate of drug-likeness (QED) is 0.490. The van der Waals surface area contributed by atoms with Crippen LogP contribution in [-0.2, 0) is 6.42 Å². The molecule has 0 spiro atoms. The molecule has 2 amide bonds. The average molecular weight is 412 g/mol. The van der Waals surface area contributed by atoms with E-state index in [1.807, 2.05) is 25.1 Å². The summed E-state index contributed by atoms with van der Waals surface area (Å²) in [6.07, 6.45) is 4.15. The number of rotatable bonds is 6. The van der Waals surface area contributed by atoms with Crippen molar-refractivity contribution in [1.29, 1.82) is 0 Å². The summed E-state index contributed by atoms with van der Waals surface area (Å²) >= 11 is 0. The lowest BCUT2D eigenvalue weighted by Crippen LogP contribution is -2.14. The van der Waals surface area contributed by atoms with Crippen LogP contribution in [0.15, 0.2) is 77.6 Å². The zero-order chi connectivity index (χ0) is 21.8. The highest BCUT2D eigenvalue weighted by atomic mass is 16.5. The zero-order valence-corrected chi connectivity index (χ0v) is 16.8. The maximum absolute atomic E-state index is 12.9. The largest absolute Gasteiger partial charge is 0.366 e. The van der Waals surface area contributed by atoms with Gasteiger partial charge in [-0.05, 0) is 42.3 Å². The minimum atomic E-state index is -0.596. The Hall–Kier alpha value is -4.26. The summed E-state index contributed by atoms with van der Waals surface area (Å²) in [4.78, 5) is 29.0. The maximum Gasteiger partial charge on any atom is 0.258 e. The van der Waals surface area contributed by atoms with E-state index in [1.54, 1.807) is 54.9 Å². The Kier molecular flexibility index (Phi) is 5.57. The molecule has 0 aliphatic rings. The summed E-state index contributed by atoms with van der Waals surface area (Å²) in [7, 11) is 0. The third kappa shape index (κ3) is 4.06. The number of carbonyl (C=O) groups is 2. The van der Waals surface area contributed by atoms with Gasteiger partial charge in [-0.2, -0.15) is 0 Å². The van der Waals surface area contributed by atoms with E-state index >= 15 is 0 Å². The molecule has 7 nitrogen and oxygen atoms in total. The maximum atomic E-state index is 12.9. The number of hydrogen-bond donors (Lipinski definition) is 2. The SMILES string of the molecule is CCc1ccc(C(=O)Nc2onc(-c3cccnc3)c2-c2ccccc2C(N)=O)cc1. The number of benzene rings is 2. The van der Waals surface area contributed by atoms with Crippen LogP contribution in [0.4, 0.5) is 5.88 Å². The van der Waals surface area contributed by atoms with Crippen molar-refractivity contribution in [3.8, 4) is 22.4 Å². The Balaban J connectivity index is 1.81. The van der Waals surface area contributed by atoms with E-state index in [2.05, 4.69) is 15.5 Å². The fourth-order valence-corrected chi connectivity index (χ4v) is 3.31. The van der Waals surface area contributed by atoms with Crippen molar-refractivity contribution in [2.24, 2.45) is 5.73 Å². The van der Waals surface area contributed by atoms with Gasteiger partial charge < -0.3 is 10.3 Å². The number of amides is 2. The second-order valence-corrected chi connectivity index (χ2v) is 6.89. The minimum absolute atomic E-state index is 0.122. The minimum Gasteiger partial charge on any atom is -0.366 e. The van der Waals surface area contributed by atoms with Crippen molar-refractivity contribution in [2.45, 2.75) is 13.3 Å². The highest BCUT2D eigenvalue weighted by Crippen LogP contribution is 2.39. The molecule has 2 aromatic heterocycles. The molecule has 31 heavy (non-hydrogen) atoms. The van der Waals surface area contributed by atoms with Gasteiger partial charge >= 0.3 is 0 Å². The molecule has 0 aliphatic carbocycles. The Morgan fingerprint density at radius 2 is 1.81 bits per heavy atom. The third-order valence-corrected chi connectivity index (χ3v) is 4.94. The third-order valence-electron chi connectivity index (χ3n) is 4.94. The number of pyridine rings is 1. The fourth-order valence-electron chi connectivity index (χ4n) is 3.31. The normalized spacial score (nSPS) is 10.6. The number of aromatic nitrogens is 2. The number of hydrogen-bond acceptors (Lipinski definition) is 5. The molecule has 0 radical (unpaired) electrons.